The summed E-state index contributed by atoms with van der Waals surface area (Å²) in [6, 6.07) is 3.40. The van der Waals surface area contributed by atoms with E-state index in [0.29, 0.717) is 5.56 Å². The van der Waals surface area contributed by atoms with Gasteiger partial charge in [-0.25, -0.2) is 14.8 Å². The average Bonchev–Trinajstić information content (AvgIpc) is 2.76. The molecular weight excluding hydrogens is 268 g/mol. The van der Waals surface area contributed by atoms with Crippen LogP contribution in [-0.4, -0.2) is 21.5 Å². The van der Waals surface area contributed by atoms with Crippen molar-refractivity contribution in [3.8, 4) is 11.3 Å². The molecule has 0 amide bonds. The molecule has 5 nitrogen and oxygen atoms in total. The molecule has 0 aliphatic rings. The van der Waals surface area contributed by atoms with E-state index in [-0.39, 0.29) is 16.6 Å². The summed E-state index contributed by atoms with van der Waals surface area (Å²) in [5, 5.41) is 0.240. The van der Waals surface area contributed by atoms with Crippen LogP contribution >= 0.6 is 11.6 Å². The highest BCUT2D eigenvalue weighted by atomic mass is 35.5. The minimum atomic E-state index is -0.605. The van der Waals surface area contributed by atoms with E-state index < -0.39 is 11.6 Å². The van der Waals surface area contributed by atoms with Gasteiger partial charge in [0.15, 0.2) is 17.8 Å². The molecule has 100 valence electrons. The Morgan fingerprint density at radius 2 is 2.11 bits per heavy atom. The molecule has 2 aromatic heterocycles. The highest BCUT2D eigenvalue weighted by molar-refractivity contribution is 6.32. The molecule has 0 aromatic carbocycles. The Morgan fingerprint density at radius 3 is 2.74 bits per heavy atom. The van der Waals surface area contributed by atoms with E-state index in [1.165, 1.54) is 6.39 Å². The second-order valence-corrected chi connectivity index (χ2v) is 5.23. The average molecular weight is 281 g/mol. The smallest absolute Gasteiger partial charge is 0.361 e. The Balaban J connectivity index is 2.39. The van der Waals surface area contributed by atoms with Crippen LogP contribution in [0.25, 0.3) is 11.3 Å². The van der Waals surface area contributed by atoms with Crippen molar-refractivity contribution in [1.29, 1.82) is 0 Å². The van der Waals surface area contributed by atoms with Gasteiger partial charge in [0.2, 0.25) is 0 Å². The summed E-state index contributed by atoms with van der Waals surface area (Å²) < 4.78 is 10.5. The number of ether oxygens (including phenoxy) is 1. The summed E-state index contributed by atoms with van der Waals surface area (Å²) in [4.78, 5) is 19.8. The first kappa shape index (κ1) is 13.5. The summed E-state index contributed by atoms with van der Waals surface area (Å²) in [6.07, 6.45) is 2.73. The van der Waals surface area contributed by atoms with Crippen molar-refractivity contribution in [1.82, 2.24) is 9.97 Å². The van der Waals surface area contributed by atoms with Gasteiger partial charge in [0.25, 0.3) is 0 Å². The molecule has 0 fully saturated rings. The number of carbonyl (C=O) groups excluding carboxylic acids is 1. The maximum atomic E-state index is 12.0. The molecule has 0 N–H and O–H groups in total. The molecule has 2 heterocycles. The lowest BCUT2D eigenvalue weighted by Gasteiger charge is -2.18. The fraction of sp³-hybridized carbons (Fsp3) is 0.308. The van der Waals surface area contributed by atoms with Gasteiger partial charge in [0.1, 0.15) is 10.8 Å². The first-order chi connectivity index (χ1) is 8.88. The number of aromatic nitrogens is 2. The van der Waals surface area contributed by atoms with Gasteiger partial charge in [-0.3, -0.25) is 0 Å². The molecule has 0 bridgehead atoms. The zero-order valence-electron chi connectivity index (χ0n) is 10.8. The summed E-state index contributed by atoms with van der Waals surface area (Å²) >= 11 is 5.97. The minimum absolute atomic E-state index is 0.0878. The number of oxazole rings is 1. The SMILES string of the molecule is CC(C)(C)OC(=O)c1ncoc1-c1cccnc1Cl. The summed E-state index contributed by atoms with van der Waals surface area (Å²) in [6.45, 7) is 5.34. The Bertz CT molecular complexity index is 602. The fourth-order valence-electron chi connectivity index (χ4n) is 1.46. The number of hydrogen-bond acceptors (Lipinski definition) is 5. The van der Waals surface area contributed by atoms with Gasteiger partial charge >= 0.3 is 5.97 Å². The topological polar surface area (TPSA) is 65.2 Å². The predicted molar refractivity (Wildman–Crippen MR) is 69.9 cm³/mol. The molecule has 0 spiro atoms. The van der Waals surface area contributed by atoms with Gasteiger partial charge in [-0.15, -0.1) is 0 Å². The minimum Gasteiger partial charge on any atom is -0.455 e. The maximum absolute atomic E-state index is 12.0. The van der Waals surface area contributed by atoms with E-state index in [2.05, 4.69) is 9.97 Å². The molecule has 0 aliphatic heterocycles. The summed E-state index contributed by atoms with van der Waals surface area (Å²) in [7, 11) is 0. The van der Waals surface area contributed by atoms with Gasteiger partial charge in [-0.1, -0.05) is 11.6 Å². The quantitative estimate of drug-likeness (QED) is 0.623. The van der Waals surface area contributed by atoms with Crippen LogP contribution in [0.2, 0.25) is 5.15 Å². The second-order valence-electron chi connectivity index (χ2n) is 4.87. The lowest BCUT2D eigenvalue weighted by atomic mass is 10.1. The molecule has 0 saturated heterocycles. The molecule has 6 heteroatoms. The molecule has 0 saturated carbocycles. The van der Waals surface area contributed by atoms with Gasteiger partial charge in [-0.2, -0.15) is 0 Å². The number of nitrogens with zero attached hydrogens (tertiary/aromatic N) is 2. The highest BCUT2D eigenvalue weighted by Gasteiger charge is 2.25. The van der Waals surface area contributed by atoms with Gasteiger partial charge < -0.3 is 9.15 Å². The van der Waals surface area contributed by atoms with Crippen molar-refractivity contribution in [2.24, 2.45) is 0 Å². The van der Waals surface area contributed by atoms with E-state index in [1.54, 1.807) is 39.1 Å². The van der Waals surface area contributed by atoms with Crippen molar-refractivity contribution >= 4 is 17.6 Å². The third kappa shape index (κ3) is 3.12. The third-order valence-electron chi connectivity index (χ3n) is 2.16. The Labute approximate surface area is 115 Å². The maximum Gasteiger partial charge on any atom is 0.361 e. The standard InChI is InChI=1S/C13H13ClN2O3/c1-13(2,3)19-12(17)9-10(18-7-16-9)8-5-4-6-15-11(8)14/h4-7H,1-3H3. The molecule has 19 heavy (non-hydrogen) atoms. The van der Waals surface area contributed by atoms with Gasteiger partial charge in [0, 0.05) is 6.20 Å². The Kier molecular flexibility index (Phi) is 3.57. The second kappa shape index (κ2) is 5.01. The first-order valence-electron chi connectivity index (χ1n) is 5.66. The fourth-order valence-corrected chi connectivity index (χ4v) is 1.67. The van der Waals surface area contributed by atoms with E-state index in [4.69, 9.17) is 20.8 Å². The zero-order valence-corrected chi connectivity index (χ0v) is 11.6. The Morgan fingerprint density at radius 1 is 1.37 bits per heavy atom. The van der Waals surface area contributed by atoms with Gasteiger partial charge in [0.05, 0.1) is 5.56 Å². The van der Waals surface area contributed by atoms with Crippen molar-refractivity contribution in [3.63, 3.8) is 0 Å². The molecule has 0 aliphatic carbocycles. The van der Waals surface area contributed by atoms with E-state index in [1.807, 2.05) is 0 Å². The van der Waals surface area contributed by atoms with Crippen LogP contribution in [0.15, 0.2) is 29.1 Å². The lowest BCUT2D eigenvalue weighted by Crippen LogP contribution is -2.24. The Hall–Kier alpha value is -1.88. The monoisotopic (exact) mass is 280 g/mol. The molecule has 2 rings (SSSR count). The number of carbonyl (C=O) groups is 1. The number of rotatable bonds is 2. The van der Waals surface area contributed by atoms with Crippen LogP contribution in [0.5, 0.6) is 0 Å². The zero-order chi connectivity index (χ0) is 14.0. The van der Waals surface area contributed by atoms with Crippen molar-refractivity contribution in [2.45, 2.75) is 26.4 Å². The molecule has 0 radical (unpaired) electrons. The van der Waals surface area contributed by atoms with E-state index >= 15 is 0 Å². The molecule has 0 unspecified atom stereocenters. The van der Waals surface area contributed by atoms with Gasteiger partial charge in [-0.05, 0) is 32.9 Å². The molecule has 2 aromatic rings. The number of hydrogen-bond donors (Lipinski definition) is 0. The van der Waals surface area contributed by atoms with Crippen molar-refractivity contribution in [2.75, 3.05) is 0 Å². The van der Waals surface area contributed by atoms with Crippen LogP contribution in [0, 0.1) is 0 Å². The van der Waals surface area contributed by atoms with Crippen LogP contribution in [0.3, 0.4) is 0 Å². The lowest BCUT2D eigenvalue weighted by molar-refractivity contribution is 0.00640. The van der Waals surface area contributed by atoms with Crippen molar-refractivity contribution < 1.29 is 13.9 Å². The summed E-state index contributed by atoms with van der Waals surface area (Å²) in [5.41, 5.74) is -0.0150. The van der Waals surface area contributed by atoms with E-state index in [0.717, 1.165) is 0 Å². The normalized spacial score (nSPS) is 11.4. The number of esters is 1. The third-order valence-corrected chi connectivity index (χ3v) is 2.46. The van der Waals surface area contributed by atoms with Crippen molar-refractivity contribution in [3.05, 3.63) is 35.6 Å². The highest BCUT2D eigenvalue weighted by Crippen LogP contribution is 2.29. The number of pyridine rings is 1. The van der Waals surface area contributed by atoms with Crippen LogP contribution in [-0.2, 0) is 4.74 Å². The molecule has 0 atom stereocenters. The predicted octanol–water partition coefficient (Wildman–Crippen LogP) is 3.35. The van der Waals surface area contributed by atoms with Crippen LogP contribution < -0.4 is 0 Å². The van der Waals surface area contributed by atoms with Crippen LogP contribution in [0.1, 0.15) is 31.3 Å². The van der Waals surface area contributed by atoms with E-state index in [9.17, 15) is 4.79 Å². The van der Waals surface area contributed by atoms with Crippen LogP contribution in [0.4, 0.5) is 0 Å². The largest absolute Gasteiger partial charge is 0.455 e. The summed E-state index contributed by atoms with van der Waals surface area (Å²) in [5.74, 6) is -0.302. The molecular formula is C13H13ClN2O3. The number of halogens is 1. The first-order valence-corrected chi connectivity index (χ1v) is 6.04.